The van der Waals surface area contributed by atoms with Crippen molar-refractivity contribution in [1.82, 2.24) is 0 Å². The molecule has 3 rings (SSSR count). The Morgan fingerprint density at radius 2 is 2.37 bits per heavy atom. The number of carbonyl (C=O) groups is 1. The van der Waals surface area contributed by atoms with Gasteiger partial charge in [-0.2, -0.15) is 0 Å². The lowest BCUT2D eigenvalue weighted by Crippen LogP contribution is -2.16. The van der Waals surface area contributed by atoms with Crippen LogP contribution in [0.5, 0.6) is 11.5 Å². The van der Waals surface area contributed by atoms with E-state index < -0.39 is 0 Å². The van der Waals surface area contributed by atoms with E-state index in [9.17, 15) is 4.79 Å². The Labute approximate surface area is 112 Å². The predicted octanol–water partition coefficient (Wildman–Crippen LogP) is 3.09. The minimum Gasteiger partial charge on any atom is -0.492 e. The maximum Gasteiger partial charge on any atom is 0.174 e. The molecule has 2 aliphatic rings. The zero-order valence-electron chi connectivity index (χ0n) is 11.1. The summed E-state index contributed by atoms with van der Waals surface area (Å²) in [6, 6.07) is 1.99. The maximum atomic E-state index is 12.2. The van der Waals surface area contributed by atoms with Crippen molar-refractivity contribution in [2.24, 2.45) is 4.99 Å². The average molecular weight is 259 g/mol. The SMILES string of the molecule is CCCOc1cc2c(c3c1N=CCC3=O)OCCC2. The van der Waals surface area contributed by atoms with Gasteiger partial charge in [-0.25, -0.2) is 0 Å². The van der Waals surface area contributed by atoms with Gasteiger partial charge in [-0.15, -0.1) is 0 Å². The van der Waals surface area contributed by atoms with Gasteiger partial charge in [0.25, 0.3) is 0 Å². The molecule has 0 radical (unpaired) electrons. The minimum atomic E-state index is 0.0742. The van der Waals surface area contributed by atoms with Crippen LogP contribution in [-0.2, 0) is 6.42 Å². The second kappa shape index (κ2) is 5.03. The molecule has 0 spiro atoms. The highest BCUT2D eigenvalue weighted by molar-refractivity contribution is 6.13. The summed E-state index contributed by atoms with van der Waals surface area (Å²) in [6.07, 6.45) is 4.84. The normalized spacial score (nSPS) is 16.6. The summed E-state index contributed by atoms with van der Waals surface area (Å²) in [6.45, 7) is 3.36. The van der Waals surface area contributed by atoms with Crippen LogP contribution in [0, 0.1) is 0 Å². The van der Waals surface area contributed by atoms with Gasteiger partial charge < -0.3 is 9.47 Å². The van der Waals surface area contributed by atoms with Crippen LogP contribution in [0.3, 0.4) is 0 Å². The van der Waals surface area contributed by atoms with E-state index in [0.717, 1.165) is 30.6 Å². The smallest absolute Gasteiger partial charge is 0.174 e. The second-order valence-electron chi connectivity index (χ2n) is 4.83. The first-order valence-electron chi connectivity index (χ1n) is 6.82. The quantitative estimate of drug-likeness (QED) is 0.838. The lowest BCUT2D eigenvalue weighted by Gasteiger charge is -2.24. The van der Waals surface area contributed by atoms with E-state index in [0.29, 0.717) is 36.6 Å². The number of aryl methyl sites for hydroxylation is 1. The Kier molecular flexibility index (Phi) is 3.23. The summed E-state index contributed by atoms with van der Waals surface area (Å²) >= 11 is 0. The molecule has 0 fully saturated rings. The number of carbonyl (C=O) groups excluding carboxylic acids is 1. The van der Waals surface area contributed by atoms with Crippen LogP contribution < -0.4 is 9.47 Å². The molecule has 0 saturated carbocycles. The summed E-state index contributed by atoms with van der Waals surface area (Å²) in [5.41, 5.74) is 2.33. The number of hydrogen-bond donors (Lipinski definition) is 0. The largest absolute Gasteiger partial charge is 0.492 e. The van der Waals surface area contributed by atoms with Crippen molar-refractivity contribution in [2.45, 2.75) is 32.6 Å². The van der Waals surface area contributed by atoms with E-state index in [2.05, 4.69) is 11.9 Å². The van der Waals surface area contributed by atoms with Gasteiger partial charge in [0.05, 0.1) is 18.8 Å². The molecule has 2 heterocycles. The Morgan fingerprint density at radius 3 is 3.21 bits per heavy atom. The summed E-state index contributed by atoms with van der Waals surface area (Å²) in [4.78, 5) is 16.5. The van der Waals surface area contributed by atoms with Crippen molar-refractivity contribution in [3.05, 3.63) is 17.2 Å². The fraction of sp³-hybridized carbons (Fsp3) is 0.467. The highest BCUT2D eigenvalue weighted by atomic mass is 16.5. The van der Waals surface area contributed by atoms with Gasteiger partial charge in [0.15, 0.2) is 5.78 Å². The van der Waals surface area contributed by atoms with Crippen LogP contribution in [-0.4, -0.2) is 25.2 Å². The number of Topliss-reactive ketones (excluding diaryl/α,β-unsaturated/α-hetero) is 1. The number of aliphatic imine (C=N–C) groups is 1. The number of nitrogens with zero attached hydrogens (tertiary/aromatic N) is 1. The van der Waals surface area contributed by atoms with Gasteiger partial charge in [0.1, 0.15) is 17.2 Å². The van der Waals surface area contributed by atoms with Crippen LogP contribution in [0.25, 0.3) is 0 Å². The van der Waals surface area contributed by atoms with Crippen LogP contribution in [0.15, 0.2) is 11.1 Å². The van der Waals surface area contributed by atoms with E-state index in [1.165, 1.54) is 0 Å². The summed E-state index contributed by atoms with van der Waals surface area (Å²) in [5.74, 6) is 1.52. The molecule has 0 aromatic heterocycles. The van der Waals surface area contributed by atoms with Crippen LogP contribution in [0.2, 0.25) is 0 Å². The number of fused-ring (bicyclic) bond motifs is 3. The van der Waals surface area contributed by atoms with Gasteiger partial charge in [-0.1, -0.05) is 6.92 Å². The van der Waals surface area contributed by atoms with E-state index in [-0.39, 0.29) is 5.78 Å². The molecule has 0 atom stereocenters. The molecule has 0 amide bonds. The van der Waals surface area contributed by atoms with E-state index in [1.54, 1.807) is 6.21 Å². The molecule has 0 unspecified atom stereocenters. The van der Waals surface area contributed by atoms with Crippen molar-refractivity contribution in [2.75, 3.05) is 13.2 Å². The molecule has 4 heteroatoms. The van der Waals surface area contributed by atoms with E-state index in [1.807, 2.05) is 6.07 Å². The Hall–Kier alpha value is -1.84. The van der Waals surface area contributed by atoms with Crippen molar-refractivity contribution in [3.8, 4) is 11.5 Å². The zero-order valence-corrected chi connectivity index (χ0v) is 11.1. The first kappa shape index (κ1) is 12.2. The fourth-order valence-electron chi connectivity index (χ4n) is 2.50. The van der Waals surface area contributed by atoms with E-state index in [4.69, 9.17) is 9.47 Å². The maximum absolute atomic E-state index is 12.2. The Morgan fingerprint density at radius 1 is 1.47 bits per heavy atom. The van der Waals surface area contributed by atoms with E-state index >= 15 is 0 Å². The number of ether oxygens (including phenoxy) is 2. The Balaban J connectivity index is 2.14. The molecule has 0 bridgehead atoms. The number of benzene rings is 1. The van der Waals surface area contributed by atoms with Crippen LogP contribution >= 0.6 is 0 Å². The molecule has 19 heavy (non-hydrogen) atoms. The van der Waals surface area contributed by atoms with Crippen molar-refractivity contribution in [3.63, 3.8) is 0 Å². The highest BCUT2D eigenvalue weighted by Crippen LogP contribution is 2.44. The lowest BCUT2D eigenvalue weighted by atomic mass is 9.95. The number of ketones is 1. The van der Waals surface area contributed by atoms with Gasteiger partial charge >= 0.3 is 0 Å². The van der Waals surface area contributed by atoms with Crippen molar-refractivity contribution < 1.29 is 14.3 Å². The zero-order chi connectivity index (χ0) is 13.2. The van der Waals surface area contributed by atoms with Crippen molar-refractivity contribution >= 4 is 17.7 Å². The Bertz CT molecular complexity index is 549. The number of hydrogen-bond acceptors (Lipinski definition) is 4. The standard InChI is InChI=1S/C15H17NO3/c1-2-7-18-12-9-10-4-3-8-19-15(10)13-11(17)5-6-16-14(12)13/h6,9H,2-5,7-8H2,1H3. The minimum absolute atomic E-state index is 0.0742. The van der Waals surface area contributed by atoms with Gasteiger partial charge in [0.2, 0.25) is 0 Å². The molecule has 2 aliphatic heterocycles. The third-order valence-electron chi connectivity index (χ3n) is 3.37. The third-order valence-corrected chi connectivity index (χ3v) is 3.37. The van der Waals surface area contributed by atoms with Crippen molar-refractivity contribution in [1.29, 1.82) is 0 Å². The molecule has 0 aliphatic carbocycles. The highest BCUT2D eigenvalue weighted by Gasteiger charge is 2.28. The van der Waals surface area contributed by atoms with Gasteiger partial charge in [-0.3, -0.25) is 9.79 Å². The van der Waals surface area contributed by atoms with Crippen LogP contribution in [0.1, 0.15) is 42.1 Å². The monoisotopic (exact) mass is 259 g/mol. The molecule has 1 aromatic carbocycles. The van der Waals surface area contributed by atoms with Gasteiger partial charge in [0, 0.05) is 12.6 Å². The first-order valence-corrected chi connectivity index (χ1v) is 6.82. The predicted molar refractivity (Wildman–Crippen MR) is 73.1 cm³/mol. The lowest BCUT2D eigenvalue weighted by molar-refractivity contribution is 0.0995. The first-order chi connectivity index (χ1) is 9.31. The average Bonchev–Trinajstić information content (AvgIpc) is 2.45. The molecule has 0 N–H and O–H groups in total. The topological polar surface area (TPSA) is 47.9 Å². The molecule has 0 saturated heterocycles. The fourth-order valence-corrected chi connectivity index (χ4v) is 2.50. The number of rotatable bonds is 3. The molecule has 100 valence electrons. The second-order valence-corrected chi connectivity index (χ2v) is 4.83. The molecule has 4 nitrogen and oxygen atoms in total. The molecular weight excluding hydrogens is 242 g/mol. The van der Waals surface area contributed by atoms with Crippen LogP contribution in [0.4, 0.5) is 5.69 Å². The summed E-state index contributed by atoms with van der Waals surface area (Å²) in [5, 5.41) is 0. The third kappa shape index (κ3) is 2.11. The summed E-state index contributed by atoms with van der Waals surface area (Å²) in [7, 11) is 0. The summed E-state index contributed by atoms with van der Waals surface area (Å²) < 4.78 is 11.4. The van der Waals surface area contributed by atoms with Gasteiger partial charge in [-0.05, 0) is 30.9 Å². The molecular formula is C15H17NO3. The molecule has 1 aromatic rings.